The van der Waals surface area contributed by atoms with E-state index in [9.17, 15) is 29.7 Å². The molecule has 2 N–H and O–H groups in total. The number of allylic oxidation sites excluding steroid dienone is 2. The van der Waals surface area contributed by atoms with Gasteiger partial charge in [0, 0.05) is 31.1 Å². The Balaban J connectivity index is 4.94. The quantitative estimate of drug-likeness (QED) is 0.104. The van der Waals surface area contributed by atoms with Gasteiger partial charge in [0.25, 0.3) is 0 Å². The van der Waals surface area contributed by atoms with E-state index < -0.39 is 35.7 Å². The number of hydrogen-bond donors (Lipinski definition) is 2. The summed E-state index contributed by atoms with van der Waals surface area (Å²) in [5.41, 5.74) is 0. The highest BCUT2D eigenvalue weighted by Crippen LogP contribution is 2.21. The molecule has 0 heterocycles. The summed E-state index contributed by atoms with van der Waals surface area (Å²) in [5.74, 6) is -4.33. The number of rotatable bonds is 24. The summed E-state index contributed by atoms with van der Waals surface area (Å²) < 4.78 is 0.579. The van der Waals surface area contributed by atoms with Gasteiger partial charge in [-0.3, -0.25) is 9.59 Å². The Bertz CT molecular complexity index is 588. The molecule has 3 unspecified atom stereocenters. The van der Waals surface area contributed by atoms with Crippen LogP contribution in [0.4, 0.5) is 0 Å². The van der Waals surface area contributed by atoms with E-state index in [1.54, 1.807) is 20.8 Å². The van der Waals surface area contributed by atoms with Gasteiger partial charge in [0.1, 0.15) is 0 Å². The SMILES string of the molecule is CCCC/C=C/CCCCCCCC[N+](CCC(C)C(=O)[O-])(CCC(C)C(=O)O)CCC(C)C(=O)O. The molecule has 0 aliphatic heterocycles. The maximum Gasteiger partial charge on any atom is 0.306 e. The van der Waals surface area contributed by atoms with Crippen LogP contribution in [0.2, 0.25) is 0 Å². The predicted molar refractivity (Wildman–Crippen MR) is 142 cm³/mol. The zero-order valence-corrected chi connectivity index (χ0v) is 23.4. The second-order valence-electron chi connectivity index (χ2n) is 10.8. The highest BCUT2D eigenvalue weighted by molar-refractivity contribution is 5.69. The molecular formula is C29H53NO6. The molecule has 0 bridgehead atoms. The van der Waals surface area contributed by atoms with Crippen molar-refractivity contribution in [1.82, 2.24) is 0 Å². The molecule has 7 heteroatoms. The highest BCUT2D eigenvalue weighted by atomic mass is 16.4. The largest absolute Gasteiger partial charge is 0.550 e. The minimum Gasteiger partial charge on any atom is -0.550 e. The topological polar surface area (TPSA) is 115 Å². The summed E-state index contributed by atoms with van der Waals surface area (Å²) >= 11 is 0. The van der Waals surface area contributed by atoms with E-state index in [1.807, 2.05) is 0 Å². The van der Waals surface area contributed by atoms with Crippen molar-refractivity contribution < 1.29 is 34.2 Å². The van der Waals surface area contributed by atoms with Crippen LogP contribution in [0.25, 0.3) is 0 Å². The Hall–Kier alpha value is -1.89. The molecule has 0 saturated carbocycles. The molecule has 0 spiro atoms. The minimum atomic E-state index is -1.08. The van der Waals surface area contributed by atoms with Crippen molar-refractivity contribution >= 4 is 17.9 Å². The lowest BCUT2D eigenvalue weighted by Crippen LogP contribution is -2.52. The summed E-state index contributed by atoms with van der Waals surface area (Å²) in [6.07, 6.45) is 17.6. The molecular weight excluding hydrogens is 458 g/mol. The first-order valence-electron chi connectivity index (χ1n) is 14.2. The molecule has 0 saturated heterocycles. The van der Waals surface area contributed by atoms with Crippen molar-refractivity contribution in [3.63, 3.8) is 0 Å². The molecule has 0 fully saturated rings. The van der Waals surface area contributed by atoms with Gasteiger partial charge in [-0.25, -0.2) is 0 Å². The standard InChI is InChI=1S/C29H53NO6/c1-5-6-7-8-9-10-11-12-13-14-15-16-20-30(21-17-24(2)27(31)32,22-18-25(3)28(33)34)23-19-26(4)29(35)36/h8-9,24-26H,5-7,10-23H2,1-4H3,(H2-,31,32,33,34,35,36)/b9-8+. The first-order valence-corrected chi connectivity index (χ1v) is 14.2. The second kappa shape index (κ2) is 20.2. The van der Waals surface area contributed by atoms with Crippen molar-refractivity contribution in [2.75, 3.05) is 26.2 Å². The van der Waals surface area contributed by atoms with Crippen LogP contribution in [0, 0.1) is 17.8 Å². The lowest BCUT2D eigenvalue weighted by Gasteiger charge is -2.41. The maximum absolute atomic E-state index is 11.4. The Morgan fingerprint density at radius 3 is 1.53 bits per heavy atom. The van der Waals surface area contributed by atoms with Gasteiger partial charge in [-0.1, -0.05) is 72.0 Å². The third-order valence-corrected chi connectivity index (χ3v) is 7.50. The minimum absolute atomic E-state index is 0.441. The molecule has 7 nitrogen and oxygen atoms in total. The number of carboxylic acids is 3. The summed E-state index contributed by atoms with van der Waals surface area (Å²) in [6, 6.07) is 0. The number of hydrogen-bond acceptors (Lipinski definition) is 4. The molecule has 36 heavy (non-hydrogen) atoms. The first-order chi connectivity index (χ1) is 17.0. The zero-order chi connectivity index (χ0) is 27.4. The average Bonchev–Trinajstić information content (AvgIpc) is 2.84. The fourth-order valence-electron chi connectivity index (χ4n) is 4.41. The van der Waals surface area contributed by atoms with Gasteiger partial charge in [-0.05, 0) is 32.1 Å². The van der Waals surface area contributed by atoms with Crippen LogP contribution < -0.4 is 5.11 Å². The van der Waals surface area contributed by atoms with Crippen molar-refractivity contribution in [3.05, 3.63) is 12.2 Å². The van der Waals surface area contributed by atoms with Crippen molar-refractivity contribution in [2.24, 2.45) is 17.8 Å². The Kier molecular flexibility index (Phi) is 19.1. The number of nitrogens with zero attached hydrogens (tertiary/aromatic N) is 1. The summed E-state index contributed by atoms with van der Waals surface area (Å²) in [4.78, 5) is 34.2. The van der Waals surface area contributed by atoms with E-state index in [2.05, 4.69) is 19.1 Å². The number of carboxylic acid groups (broad SMARTS) is 3. The third-order valence-electron chi connectivity index (χ3n) is 7.50. The fraction of sp³-hybridized carbons (Fsp3) is 0.828. The molecule has 0 aromatic rings. The third kappa shape index (κ3) is 16.7. The molecule has 0 rings (SSSR count). The van der Waals surface area contributed by atoms with Gasteiger partial charge < -0.3 is 24.6 Å². The Labute approximate surface area is 219 Å². The van der Waals surface area contributed by atoms with Crippen LogP contribution in [0.3, 0.4) is 0 Å². The maximum atomic E-state index is 11.4. The van der Waals surface area contributed by atoms with Crippen LogP contribution in [0.5, 0.6) is 0 Å². The van der Waals surface area contributed by atoms with Crippen LogP contribution in [-0.4, -0.2) is 58.8 Å². The van der Waals surface area contributed by atoms with E-state index in [0.29, 0.717) is 43.4 Å². The van der Waals surface area contributed by atoms with E-state index in [4.69, 9.17) is 0 Å². The predicted octanol–water partition coefficient (Wildman–Crippen LogP) is 5.28. The molecule has 0 aliphatic carbocycles. The monoisotopic (exact) mass is 511 g/mol. The number of carbonyl (C=O) groups is 3. The van der Waals surface area contributed by atoms with E-state index >= 15 is 0 Å². The van der Waals surface area contributed by atoms with E-state index in [0.717, 1.165) is 32.2 Å². The summed E-state index contributed by atoms with van der Waals surface area (Å²) in [6.45, 7) is 9.88. The lowest BCUT2D eigenvalue weighted by molar-refractivity contribution is -0.929. The number of aliphatic carboxylic acids is 3. The van der Waals surface area contributed by atoms with Crippen LogP contribution in [-0.2, 0) is 14.4 Å². The number of carbonyl (C=O) groups excluding carboxylic acids is 1. The zero-order valence-electron chi connectivity index (χ0n) is 23.4. The second-order valence-corrected chi connectivity index (χ2v) is 10.8. The van der Waals surface area contributed by atoms with Crippen LogP contribution >= 0.6 is 0 Å². The van der Waals surface area contributed by atoms with E-state index in [1.165, 1.54) is 38.5 Å². The fourth-order valence-corrected chi connectivity index (χ4v) is 4.41. The molecule has 0 aromatic carbocycles. The molecule has 3 atom stereocenters. The van der Waals surface area contributed by atoms with Crippen molar-refractivity contribution in [3.8, 4) is 0 Å². The van der Waals surface area contributed by atoms with Gasteiger partial charge in [0.15, 0.2) is 0 Å². The molecule has 210 valence electrons. The highest BCUT2D eigenvalue weighted by Gasteiger charge is 2.30. The van der Waals surface area contributed by atoms with Gasteiger partial charge in [-0.15, -0.1) is 0 Å². The first kappa shape index (κ1) is 34.1. The molecule has 0 aromatic heterocycles. The van der Waals surface area contributed by atoms with Crippen LogP contribution in [0.1, 0.15) is 111 Å². The molecule has 0 radical (unpaired) electrons. The van der Waals surface area contributed by atoms with Gasteiger partial charge in [0.05, 0.1) is 38.0 Å². The summed E-state index contributed by atoms with van der Waals surface area (Å²) in [5, 5.41) is 30.1. The normalized spacial score (nSPS) is 15.9. The van der Waals surface area contributed by atoms with Gasteiger partial charge in [0.2, 0.25) is 0 Å². The summed E-state index contributed by atoms with van der Waals surface area (Å²) in [7, 11) is 0. The Morgan fingerprint density at radius 2 is 1.08 bits per heavy atom. The average molecular weight is 512 g/mol. The lowest BCUT2D eigenvalue weighted by atomic mass is 10.0. The van der Waals surface area contributed by atoms with Crippen molar-refractivity contribution in [1.29, 1.82) is 0 Å². The van der Waals surface area contributed by atoms with Gasteiger partial charge in [-0.2, -0.15) is 0 Å². The Morgan fingerprint density at radius 1 is 0.667 bits per heavy atom. The van der Waals surface area contributed by atoms with E-state index in [-0.39, 0.29) is 0 Å². The smallest absolute Gasteiger partial charge is 0.306 e. The number of unbranched alkanes of at least 4 members (excludes halogenated alkanes) is 8. The van der Waals surface area contributed by atoms with Gasteiger partial charge >= 0.3 is 11.9 Å². The molecule has 0 amide bonds. The van der Waals surface area contributed by atoms with Crippen molar-refractivity contribution in [2.45, 2.75) is 111 Å². The molecule has 0 aliphatic rings. The van der Waals surface area contributed by atoms with Crippen LogP contribution in [0.15, 0.2) is 12.2 Å². The number of quaternary nitrogens is 1.